The van der Waals surface area contributed by atoms with E-state index in [1.165, 1.54) is 10.7 Å². The van der Waals surface area contributed by atoms with Crippen LogP contribution in [-0.4, -0.2) is 42.5 Å². The minimum absolute atomic E-state index is 0. The van der Waals surface area contributed by atoms with E-state index in [-0.39, 0.29) is 24.8 Å². The van der Waals surface area contributed by atoms with Crippen molar-refractivity contribution in [3.8, 4) is 0 Å². The summed E-state index contributed by atoms with van der Waals surface area (Å²) < 4.78 is 0. The second kappa shape index (κ2) is 11.2. The Labute approximate surface area is 149 Å². The van der Waals surface area contributed by atoms with E-state index in [1.54, 1.807) is 11.3 Å². The van der Waals surface area contributed by atoms with Crippen molar-refractivity contribution in [3.63, 3.8) is 0 Å². The number of nitrogens with zero attached hydrogens (tertiary/aromatic N) is 2. The number of aromatic nitrogens is 1. The Morgan fingerprint density at radius 3 is 2.91 bits per heavy atom. The number of carbonyl (C=O) groups excluding carboxylic acids is 1. The van der Waals surface area contributed by atoms with Crippen molar-refractivity contribution in [3.05, 3.63) is 16.1 Å². The Kier molecular flexibility index (Phi) is 11.0. The first-order chi connectivity index (χ1) is 9.74. The molecule has 128 valence electrons. The first-order valence-corrected chi connectivity index (χ1v) is 8.49. The first kappa shape index (κ1) is 21.6. The molecule has 1 amide bonds. The lowest BCUT2D eigenvalue weighted by atomic mass is 9.98. The van der Waals surface area contributed by atoms with Gasteiger partial charge in [0, 0.05) is 30.8 Å². The van der Waals surface area contributed by atoms with Crippen LogP contribution in [0.2, 0.25) is 0 Å². The molecule has 1 aliphatic rings. The first-order valence-electron chi connectivity index (χ1n) is 7.61. The molecule has 0 saturated carbocycles. The van der Waals surface area contributed by atoms with Crippen molar-refractivity contribution in [1.29, 1.82) is 0 Å². The zero-order valence-corrected chi connectivity index (χ0v) is 15.8. The van der Waals surface area contributed by atoms with Crippen LogP contribution in [0.25, 0.3) is 0 Å². The van der Waals surface area contributed by atoms with Gasteiger partial charge in [0.15, 0.2) is 0 Å². The number of nitrogens with one attached hydrogen (secondary N) is 1. The molecular weight excluding hydrogens is 341 g/mol. The molecular formula is C15H27Cl2N3OS. The summed E-state index contributed by atoms with van der Waals surface area (Å²) in [5.41, 5.74) is 1.18. The maximum Gasteiger partial charge on any atom is 0.222 e. The van der Waals surface area contributed by atoms with E-state index in [2.05, 4.69) is 17.6 Å². The van der Waals surface area contributed by atoms with Gasteiger partial charge in [0.1, 0.15) is 0 Å². The summed E-state index contributed by atoms with van der Waals surface area (Å²) >= 11 is 1.76. The largest absolute Gasteiger partial charge is 0.342 e. The van der Waals surface area contributed by atoms with Gasteiger partial charge < -0.3 is 10.2 Å². The highest BCUT2D eigenvalue weighted by molar-refractivity contribution is 7.09. The Bertz CT molecular complexity index is 442. The van der Waals surface area contributed by atoms with Gasteiger partial charge in [0.2, 0.25) is 5.91 Å². The van der Waals surface area contributed by atoms with E-state index >= 15 is 0 Å². The molecule has 22 heavy (non-hydrogen) atoms. The van der Waals surface area contributed by atoms with Crippen LogP contribution in [0.4, 0.5) is 0 Å². The summed E-state index contributed by atoms with van der Waals surface area (Å²) in [6, 6.07) is 0. The molecule has 4 nitrogen and oxygen atoms in total. The van der Waals surface area contributed by atoms with E-state index in [0.29, 0.717) is 18.2 Å². The van der Waals surface area contributed by atoms with E-state index in [1.807, 2.05) is 11.9 Å². The average Bonchev–Trinajstić information content (AvgIpc) is 2.96. The van der Waals surface area contributed by atoms with Gasteiger partial charge in [-0.15, -0.1) is 36.2 Å². The number of amides is 1. The lowest BCUT2D eigenvalue weighted by Gasteiger charge is -2.32. The van der Waals surface area contributed by atoms with Crippen molar-refractivity contribution in [2.75, 3.05) is 26.7 Å². The Hall–Kier alpha value is -0.360. The highest BCUT2D eigenvalue weighted by Gasteiger charge is 2.26. The number of hydrogen-bond donors (Lipinski definition) is 1. The number of piperidine rings is 1. The number of thiazole rings is 1. The van der Waals surface area contributed by atoms with E-state index in [9.17, 15) is 4.79 Å². The molecule has 0 aliphatic carbocycles. The van der Waals surface area contributed by atoms with Crippen molar-refractivity contribution in [2.24, 2.45) is 0 Å². The summed E-state index contributed by atoms with van der Waals surface area (Å²) in [7, 11) is 1.93. The van der Waals surface area contributed by atoms with Crippen LogP contribution >= 0.6 is 36.2 Å². The monoisotopic (exact) mass is 367 g/mol. The van der Waals surface area contributed by atoms with Crippen LogP contribution in [0.15, 0.2) is 5.38 Å². The lowest BCUT2D eigenvalue weighted by molar-refractivity contribution is -0.132. The molecule has 1 aromatic rings. The molecule has 1 aromatic heterocycles. The van der Waals surface area contributed by atoms with Crippen LogP contribution in [-0.2, 0) is 11.2 Å². The Balaban J connectivity index is 0.00000220. The van der Waals surface area contributed by atoms with Gasteiger partial charge in [-0.2, -0.15) is 0 Å². The summed E-state index contributed by atoms with van der Waals surface area (Å²) in [4.78, 5) is 18.9. The van der Waals surface area contributed by atoms with Crippen molar-refractivity contribution >= 4 is 42.1 Å². The predicted octanol–water partition coefficient (Wildman–Crippen LogP) is 3.25. The normalized spacial score (nSPS) is 17.5. The molecule has 1 aliphatic heterocycles. The third kappa shape index (κ3) is 6.03. The van der Waals surface area contributed by atoms with Crippen molar-refractivity contribution < 1.29 is 4.79 Å². The fraction of sp³-hybridized carbons (Fsp3) is 0.733. The standard InChI is InChI=1S/C15H25N3OS.2ClH/c1-3-13-11-20-15(17-13)12-6-5-9-18(10-12)14(19)7-4-8-16-2;;/h11-12,16H,3-10H2,1-2H3;2*1H. The van der Waals surface area contributed by atoms with Gasteiger partial charge in [0.05, 0.1) is 10.7 Å². The van der Waals surface area contributed by atoms with Gasteiger partial charge >= 0.3 is 0 Å². The topological polar surface area (TPSA) is 45.2 Å². The number of hydrogen-bond acceptors (Lipinski definition) is 4. The molecule has 0 bridgehead atoms. The average molecular weight is 368 g/mol. The maximum atomic E-state index is 12.2. The van der Waals surface area contributed by atoms with Crippen LogP contribution in [0.3, 0.4) is 0 Å². The quantitative estimate of drug-likeness (QED) is 0.784. The molecule has 0 spiro atoms. The molecule has 1 saturated heterocycles. The third-order valence-electron chi connectivity index (χ3n) is 3.87. The van der Waals surface area contributed by atoms with Crippen LogP contribution in [0.1, 0.15) is 49.2 Å². The fourth-order valence-electron chi connectivity index (χ4n) is 2.65. The second-order valence-corrected chi connectivity index (χ2v) is 6.31. The van der Waals surface area contributed by atoms with Crippen LogP contribution in [0.5, 0.6) is 0 Å². The van der Waals surface area contributed by atoms with Crippen LogP contribution in [0, 0.1) is 0 Å². The third-order valence-corrected chi connectivity index (χ3v) is 4.93. The van der Waals surface area contributed by atoms with E-state index in [0.717, 1.165) is 45.3 Å². The van der Waals surface area contributed by atoms with E-state index in [4.69, 9.17) is 4.98 Å². The molecule has 1 fully saturated rings. The fourth-order valence-corrected chi connectivity index (χ4v) is 3.68. The summed E-state index contributed by atoms with van der Waals surface area (Å²) in [5, 5.41) is 6.46. The van der Waals surface area contributed by atoms with Gasteiger partial charge in [-0.3, -0.25) is 4.79 Å². The minimum atomic E-state index is 0. The van der Waals surface area contributed by atoms with Gasteiger partial charge in [-0.25, -0.2) is 4.98 Å². The summed E-state index contributed by atoms with van der Waals surface area (Å²) in [6.45, 7) is 4.82. The SMILES string of the molecule is CCc1csc(C2CCCN(C(=O)CCCNC)C2)n1.Cl.Cl. The maximum absolute atomic E-state index is 12.2. The van der Waals surface area contributed by atoms with E-state index < -0.39 is 0 Å². The van der Waals surface area contributed by atoms with Crippen molar-refractivity contribution in [1.82, 2.24) is 15.2 Å². The lowest BCUT2D eigenvalue weighted by Crippen LogP contribution is -2.39. The molecule has 1 N–H and O–H groups in total. The molecule has 2 heterocycles. The zero-order chi connectivity index (χ0) is 14.4. The number of aryl methyl sites for hydroxylation is 1. The molecule has 7 heteroatoms. The number of halogens is 2. The smallest absolute Gasteiger partial charge is 0.222 e. The van der Waals surface area contributed by atoms with Crippen LogP contribution < -0.4 is 5.32 Å². The number of carbonyl (C=O) groups is 1. The molecule has 1 unspecified atom stereocenters. The molecule has 1 atom stereocenters. The number of rotatable bonds is 6. The Morgan fingerprint density at radius 2 is 2.27 bits per heavy atom. The molecule has 0 aromatic carbocycles. The second-order valence-electron chi connectivity index (χ2n) is 5.42. The Morgan fingerprint density at radius 1 is 1.50 bits per heavy atom. The minimum Gasteiger partial charge on any atom is -0.342 e. The number of likely N-dealkylation sites (tertiary alicyclic amines) is 1. The van der Waals surface area contributed by atoms with Gasteiger partial charge in [0.25, 0.3) is 0 Å². The van der Waals surface area contributed by atoms with Crippen molar-refractivity contribution in [2.45, 2.75) is 44.9 Å². The van der Waals surface area contributed by atoms with Gasteiger partial charge in [-0.1, -0.05) is 6.92 Å². The predicted molar refractivity (Wildman–Crippen MR) is 97.7 cm³/mol. The molecule has 0 radical (unpaired) electrons. The summed E-state index contributed by atoms with van der Waals surface area (Å²) in [6.07, 6.45) is 4.84. The highest BCUT2D eigenvalue weighted by atomic mass is 35.5. The molecule has 2 rings (SSSR count). The summed E-state index contributed by atoms with van der Waals surface area (Å²) in [5.74, 6) is 0.750. The highest BCUT2D eigenvalue weighted by Crippen LogP contribution is 2.29. The zero-order valence-electron chi connectivity index (χ0n) is 13.3. The van der Waals surface area contributed by atoms with Gasteiger partial charge in [-0.05, 0) is 39.3 Å².